The van der Waals surface area contributed by atoms with E-state index in [0.717, 1.165) is 28.3 Å². The molecule has 0 saturated heterocycles. The molecule has 0 bridgehead atoms. The van der Waals surface area contributed by atoms with Gasteiger partial charge >= 0.3 is 0 Å². The van der Waals surface area contributed by atoms with Crippen molar-refractivity contribution >= 4 is 34.5 Å². The van der Waals surface area contributed by atoms with Crippen molar-refractivity contribution in [2.24, 2.45) is 0 Å². The zero-order valence-electron chi connectivity index (χ0n) is 18.4. The quantitative estimate of drug-likeness (QED) is 0.371. The van der Waals surface area contributed by atoms with E-state index in [1.807, 2.05) is 65.4 Å². The zero-order valence-corrected chi connectivity index (χ0v) is 19.2. The monoisotopic (exact) mass is 459 g/mol. The minimum atomic E-state index is -0.0738. The lowest BCUT2D eigenvalue weighted by Crippen LogP contribution is -2.29. The highest BCUT2D eigenvalue weighted by atomic mass is 32.2. The van der Waals surface area contributed by atoms with E-state index in [2.05, 4.69) is 21.5 Å². The first kappa shape index (κ1) is 22.4. The number of hydrogen-bond acceptors (Lipinski definition) is 6. The lowest BCUT2D eigenvalue weighted by Gasteiger charge is -2.09. The van der Waals surface area contributed by atoms with Crippen LogP contribution in [0.3, 0.4) is 0 Å². The summed E-state index contributed by atoms with van der Waals surface area (Å²) in [4.78, 5) is 17.3. The van der Waals surface area contributed by atoms with E-state index in [0.29, 0.717) is 36.5 Å². The highest BCUT2D eigenvalue weighted by Gasteiger charge is 2.17. The first-order valence-electron chi connectivity index (χ1n) is 10.6. The Bertz CT molecular complexity index is 1300. The van der Waals surface area contributed by atoms with Gasteiger partial charge in [-0.25, -0.2) is 9.67 Å². The normalized spacial score (nSPS) is 10.9. The molecule has 0 spiro atoms. The molecule has 3 N–H and O–H groups in total. The second-order valence-corrected chi connectivity index (χ2v) is 8.42. The van der Waals surface area contributed by atoms with E-state index >= 15 is 0 Å². The van der Waals surface area contributed by atoms with Crippen molar-refractivity contribution in [1.29, 1.82) is 5.26 Å². The number of nitriles is 1. The van der Waals surface area contributed by atoms with Crippen LogP contribution >= 0.6 is 11.8 Å². The van der Waals surface area contributed by atoms with Gasteiger partial charge in [0.1, 0.15) is 29.8 Å². The minimum Gasteiger partial charge on any atom is -0.382 e. The molecule has 4 aromatic rings. The highest BCUT2D eigenvalue weighted by molar-refractivity contribution is 7.97. The summed E-state index contributed by atoms with van der Waals surface area (Å²) in [5, 5.41) is 17.0. The van der Waals surface area contributed by atoms with Gasteiger partial charge in [0.05, 0.1) is 28.2 Å². The summed E-state index contributed by atoms with van der Waals surface area (Å²) in [5.41, 5.74) is 9.83. The average molecular weight is 460 g/mol. The van der Waals surface area contributed by atoms with Gasteiger partial charge in [0.2, 0.25) is 5.91 Å². The lowest BCUT2D eigenvalue weighted by atomic mass is 10.1. The maximum atomic E-state index is 12.6. The fourth-order valence-corrected chi connectivity index (χ4v) is 4.24. The van der Waals surface area contributed by atoms with Gasteiger partial charge in [-0.1, -0.05) is 30.3 Å². The Hall–Kier alpha value is -3.77. The zero-order chi connectivity index (χ0) is 23.2. The number of carbonyl (C=O) groups excluding carboxylic acids is 1. The molecule has 2 heterocycles. The van der Waals surface area contributed by atoms with Crippen LogP contribution in [-0.2, 0) is 23.5 Å². The number of nitrogens with one attached hydrogen (secondary N) is 1. The largest absolute Gasteiger partial charge is 0.382 e. The topological polar surface area (TPSA) is 115 Å². The third-order valence-electron chi connectivity index (χ3n) is 5.33. The van der Waals surface area contributed by atoms with Crippen molar-refractivity contribution in [1.82, 2.24) is 24.6 Å². The molecule has 4 rings (SSSR count). The second kappa shape index (κ2) is 10.2. The Labute approximate surface area is 196 Å². The molecule has 2 aromatic heterocycles. The summed E-state index contributed by atoms with van der Waals surface area (Å²) >= 11 is 1.67. The number of nitrogen functional groups attached to an aromatic ring is 1. The van der Waals surface area contributed by atoms with Crippen LogP contribution in [0, 0.1) is 11.3 Å². The SMILES string of the molecule is CSCc1nc2ccccc2n1CC(=O)NCCCc1nn(-c2ccccc2)c(N)c1C#N. The van der Waals surface area contributed by atoms with Gasteiger partial charge in [0, 0.05) is 6.54 Å². The van der Waals surface area contributed by atoms with Crippen LogP contribution < -0.4 is 11.1 Å². The van der Waals surface area contributed by atoms with E-state index in [4.69, 9.17) is 5.73 Å². The van der Waals surface area contributed by atoms with Gasteiger partial charge in [-0.2, -0.15) is 22.1 Å². The molecule has 0 aliphatic carbocycles. The van der Waals surface area contributed by atoms with E-state index in [1.165, 1.54) is 0 Å². The number of imidazole rings is 1. The number of benzene rings is 2. The molecule has 2 aromatic carbocycles. The van der Waals surface area contributed by atoms with Gasteiger partial charge < -0.3 is 15.6 Å². The van der Waals surface area contributed by atoms with Crippen LogP contribution in [-0.4, -0.2) is 38.0 Å². The van der Waals surface area contributed by atoms with Crippen LogP contribution in [0.2, 0.25) is 0 Å². The van der Waals surface area contributed by atoms with Gasteiger partial charge in [-0.15, -0.1) is 0 Å². The van der Waals surface area contributed by atoms with Crippen LogP contribution in [0.15, 0.2) is 54.6 Å². The molecule has 1 amide bonds. The van der Waals surface area contributed by atoms with E-state index in [-0.39, 0.29) is 12.5 Å². The summed E-state index contributed by atoms with van der Waals surface area (Å²) in [6.07, 6.45) is 3.21. The number of aryl methyl sites for hydroxylation is 1. The number of para-hydroxylation sites is 3. The molecular weight excluding hydrogens is 434 g/mol. The molecule has 0 fully saturated rings. The smallest absolute Gasteiger partial charge is 0.240 e. The van der Waals surface area contributed by atoms with Crippen molar-refractivity contribution in [3.8, 4) is 11.8 Å². The number of hydrogen-bond donors (Lipinski definition) is 2. The summed E-state index contributed by atoms with van der Waals surface area (Å²) in [5.74, 6) is 1.88. The molecule has 0 saturated carbocycles. The molecule has 9 heteroatoms. The Balaban J connectivity index is 1.37. The summed E-state index contributed by atoms with van der Waals surface area (Å²) in [6.45, 7) is 0.696. The number of carbonyl (C=O) groups is 1. The number of nitrogens with zero attached hydrogens (tertiary/aromatic N) is 5. The first-order chi connectivity index (χ1) is 16.1. The number of thioether (sulfide) groups is 1. The molecule has 0 aliphatic rings. The number of anilines is 1. The highest BCUT2D eigenvalue weighted by Crippen LogP contribution is 2.21. The van der Waals surface area contributed by atoms with Gasteiger partial charge in [-0.05, 0) is 43.4 Å². The number of aromatic nitrogens is 4. The Morgan fingerprint density at radius 2 is 1.94 bits per heavy atom. The van der Waals surface area contributed by atoms with E-state index in [1.54, 1.807) is 16.4 Å². The van der Waals surface area contributed by atoms with Crippen LogP contribution in [0.25, 0.3) is 16.7 Å². The molecular formula is C24H25N7OS. The van der Waals surface area contributed by atoms with Gasteiger partial charge in [-0.3, -0.25) is 4.79 Å². The molecule has 0 radical (unpaired) electrons. The van der Waals surface area contributed by atoms with Crippen LogP contribution in [0.1, 0.15) is 23.5 Å². The number of fused-ring (bicyclic) bond motifs is 1. The molecule has 0 atom stereocenters. The third kappa shape index (κ3) is 4.86. The Morgan fingerprint density at radius 1 is 1.18 bits per heavy atom. The van der Waals surface area contributed by atoms with Crippen molar-refractivity contribution in [3.63, 3.8) is 0 Å². The lowest BCUT2D eigenvalue weighted by molar-refractivity contribution is -0.121. The van der Waals surface area contributed by atoms with E-state index < -0.39 is 0 Å². The van der Waals surface area contributed by atoms with Crippen molar-refractivity contribution < 1.29 is 4.79 Å². The first-order valence-corrected chi connectivity index (χ1v) is 12.0. The molecule has 33 heavy (non-hydrogen) atoms. The fraction of sp³-hybridized carbons (Fsp3) is 0.250. The predicted molar refractivity (Wildman–Crippen MR) is 131 cm³/mol. The molecule has 168 valence electrons. The van der Waals surface area contributed by atoms with Gasteiger partial charge in [0.15, 0.2) is 0 Å². The van der Waals surface area contributed by atoms with Crippen molar-refractivity contribution in [3.05, 3.63) is 71.7 Å². The van der Waals surface area contributed by atoms with Crippen LogP contribution in [0.4, 0.5) is 5.82 Å². The Kier molecular flexibility index (Phi) is 6.95. The third-order valence-corrected chi connectivity index (χ3v) is 5.87. The predicted octanol–water partition coefficient (Wildman–Crippen LogP) is 3.29. The van der Waals surface area contributed by atoms with Crippen molar-refractivity contribution in [2.45, 2.75) is 25.1 Å². The fourth-order valence-electron chi connectivity index (χ4n) is 3.77. The summed E-state index contributed by atoms with van der Waals surface area (Å²) in [6, 6.07) is 19.5. The minimum absolute atomic E-state index is 0.0738. The molecule has 0 aliphatic heterocycles. The summed E-state index contributed by atoms with van der Waals surface area (Å²) in [7, 11) is 0. The van der Waals surface area contributed by atoms with E-state index in [9.17, 15) is 10.1 Å². The average Bonchev–Trinajstić information content (AvgIpc) is 3.34. The van der Waals surface area contributed by atoms with Crippen LogP contribution in [0.5, 0.6) is 0 Å². The summed E-state index contributed by atoms with van der Waals surface area (Å²) < 4.78 is 3.56. The maximum absolute atomic E-state index is 12.6. The number of rotatable bonds is 9. The second-order valence-electron chi connectivity index (χ2n) is 7.56. The molecule has 0 unspecified atom stereocenters. The number of amides is 1. The maximum Gasteiger partial charge on any atom is 0.240 e. The number of nitrogens with two attached hydrogens (primary N) is 1. The molecule has 8 nitrogen and oxygen atoms in total. The Morgan fingerprint density at radius 3 is 2.70 bits per heavy atom. The van der Waals surface area contributed by atoms with Crippen molar-refractivity contribution in [2.75, 3.05) is 18.5 Å². The van der Waals surface area contributed by atoms with Gasteiger partial charge in [0.25, 0.3) is 0 Å². The standard InChI is InChI=1S/C24H25N7OS/c1-33-16-22-28-20-10-5-6-12-21(20)30(22)15-23(32)27-13-7-11-19-18(14-25)24(26)31(29-19)17-8-3-2-4-9-17/h2-6,8-10,12H,7,11,13,15-16,26H2,1H3,(H,27,32).